The van der Waals surface area contributed by atoms with Crippen molar-refractivity contribution in [1.82, 2.24) is 0 Å². The van der Waals surface area contributed by atoms with Crippen LogP contribution in [0.25, 0.3) is 6.08 Å². The maximum Gasteiger partial charge on any atom is 0.123 e. The zero-order valence-electron chi connectivity index (χ0n) is 6.78. The monoisotopic (exact) mass is 159 g/mol. The van der Waals surface area contributed by atoms with Gasteiger partial charge in [0, 0.05) is 11.6 Å². The third-order valence-corrected chi connectivity index (χ3v) is 1.63. The second kappa shape index (κ2) is 3.59. The van der Waals surface area contributed by atoms with Crippen LogP contribution in [0.5, 0.6) is 5.75 Å². The fourth-order valence-electron chi connectivity index (χ4n) is 1.00. The lowest BCUT2D eigenvalue weighted by Crippen LogP contribution is -1.79. The van der Waals surface area contributed by atoms with Crippen molar-refractivity contribution in [3.8, 4) is 11.8 Å². The number of nitrogens with zero attached hydrogens (tertiary/aromatic N) is 1. The van der Waals surface area contributed by atoms with Crippen LogP contribution < -0.4 is 0 Å². The molecule has 0 aliphatic heterocycles. The molecule has 0 fully saturated rings. The van der Waals surface area contributed by atoms with Crippen molar-refractivity contribution in [2.45, 2.75) is 6.92 Å². The van der Waals surface area contributed by atoms with Crippen LogP contribution in [0.1, 0.15) is 11.1 Å². The van der Waals surface area contributed by atoms with Crippen molar-refractivity contribution in [2.75, 3.05) is 0 Å². The second-order valence-corrected chi connectivity index (χ2v) is 2.47. The highest BCUT2D eigenvalue weighted by Gasteiger charge is 1.98. The lowest BCUT2D eigenvalue weighted by Gasteiger charge is -2.01. The van der Waals surface area contributed by atoms with E-state index < -0.39 is 0 Å². The normalized spacial score (nSPS) is 10.0. The van der Waals surface area contributed by atoms with Crippen LogP contribution in [-0.2, 0) is 0 Å². The number of benzene rings is 1. The van der Waals surface area contributed by atoms with Crippen molar-refractivity contribution in [3.05, 3.63) is 35.4 Å². The summed E-state index contributed by atoms with van der Waals surface area (Å²) >= 11 is 0. The van der Waals surface area contributed by atoms with Crippen LogP contribution >= 0.6 is 0 Å². The van der Waals surface area contributed by atoms with Crippen molar-refractivity contribution >= 4 is 6.08 Å². The first-order valence-corrected chi connectivity index (χ1v) is 3.60. The van der Waals surface area contributed by atoms with Crippen molar-refractivity contribution < 1.29 is 5.11 Å². The molecule has 60 valence electrons. The highest BCUT2D eigenvalue weighted by molar-refractivity contribution is 5.61. The molecule has 12 heavy (non-hydrogen) atoms. The van der Waals surface area contributed by atoms with Gasteiger partial charge in [-0.05, 0) is 24.6 Å². The number of aromatic hydroxyl groups is 1. The van der Waals surface area contributed by atoms with Crippen molar-refractivity contribution in [2.24, 2.45) is 0 Å². The Bertz CT molecular complexity index is 327. The first kappa shape index (κ1) is 8.35. The predicted octanol–water partition coefficient (Wildman–Crippen LogP) is 2.24. The molecular formula is C10H9NO. The average molecular weight is 159 g/mol. The largest absolute Gasteiger partial charge is 0.507 e. The van der Waals surface area contributed by atoms with Crippen LogP contribution in [0, 0.1) is 18.3 Å². The fraction of sp³-hybridized carbons (Fsp3) is 0.100. The number of aryl methyl sites for hydroxylation is 1. The minimum absolute atomic E-state index is 0.210. The molecule has 0 aromatic heterocycles. The highest BCUT2D eigenvalue weighted by atomic mass is 16.3. The molecule has 0 radical (unpaired) electrons. The Kier molecular flexibility index (Phi) is 2.49. The van der Waals surface area contributed by atoms with Crippen LogP contribution in [0.15, 0.2) is 24.3 Å². The van der Waals surface area contributed by atoms with E-state index in [0.717, 1.165) is 5.56 Å². The smallest absolute Gasteiger partial charge is 0.123 e. The number of phenols is 1. The molecule has 0 saturated heterocycles. The number of nitriles is 1. The number of allylic oxidation sites excluding steroid dienone is 1. The van der Waals surface area contributed by atoms with Gasteiger partial charge in [-0.25, -0.2) is 0 Å². The predicted molar refractivity (Wildman–Crippen MR) is 47.5 cm³/mol. The minimum atomic E-state index is 0.210. The molecule has 0 heterocycles. The van der Waals surface area contributed by atoms with Crippen molar-refractivity contribution in [1.29, 1.82) is 5.26 Å². The molecule has 0 atom stereocenters. The zero-order valence-corrected chi connectivity index (χ0v) is 6.78. The summed E-state index contributed by atoms with van der Waals surface area (Å²) in [5.74, 6) is 0.210. The van der Waals surface area contributed by atoms with Gasteiger partial charge in [0.05, 0.1) is 6.07 Å². The molecule has 0 aliphatic carbocycles. The lowest BCUT2D eigenvalue weighted by molar-refractivity contribution is 0.473. The number of hydrogen-bond acceptors (Lipinski definition) is 2. The molecule has 1 N–H and O–H groups in total. The van der Waals surface area contributed by atoms with Crippen LogP contribution in [0.4, 0.5) is 0 Å². The van der Waals surface area contributed by atoms with Gasteiger partial charge in [-0.15, -0.1) is 0 Å². The van der Waals surface area contributed by atoms with Gasteiger partial charge in [-0.2, -0.15) is 5.26 Å². The molecule has 0 aliphatic rings. The van der Waals surface area contributed by atoms with Gasteiger partial charge in [0.2, 0.25) is 0 Å². The molecule has 0 saturated carbocycles. The molecule has 0 unspecified atom stereocenters. The summed E-state index contributed by atoms with van der Waals surface area (Å²) in [5.41, 5.74) is 1.67. The maximum atomic E-state index is 9.36. The summed E-state index contributed by atoms with van der Waals surface area (Å²) in [7, 11) is 0. The summed E-state index contributed by atoms with van der Waals surface area (Å²) in [6.07, 6.45) is 2.95. The zero-order chi connectivity index (χ0) is 8.97. The van der Waals surface area contributed by atoms with Crippen LogP contribution in [-0.4, -0.2) is 5.11 Å². The van der Waals surface area contributed by atoms with E-state index in [1.807, 2.05) is 19.1 Å². The molecule has 2 heteroatoms. The molecular weight excluding hydrogens is 150 g/mol. The lowest BCUT2D eigenvalue weighted by atomic mass is 10.1. The van der Waals surface area contributed by atoms with Gasteiger partial charge >= 0.3 is 0 Å². The van der Waals surface area contributed by atoms with E-state index in [2.05, 4.69) is 0 Å². The van der Waals surface area contributed by atoms with Gasteiger partial charge in [-0.3, -0.25) is 0 Å². The Labute approximate surface area is 71.4 Å². The number of rotatable bonds is 1. The molecule has 1 aromatic rings. The first-order chi connectivity index (χ1) is 5.75. The summed E-state index contributed by atoms with van der Waals surface area (Å²) in [4.78, 5) is 0. The van der Waals surface area contributed by atoms with Crippen LogP contribution in [0.3, 0.4) is 0 Å². The Morgan fingerprint density at radius 3 is 2.83 bits per heavy atom. The Balaban J connectivity index is 3.15. The Morgan fingerprint density at radius 1 is 1.50 bits per heavy atom. The first-order valence-electron chi connectivity index (χ1n) is 3.60. The standard InChI is InChI=1S/C10H9NO/c1-8-4-2-6-10(12)9(8)5-3-7-11/h2-6,12H,1H3. The maximum absolute atomic E-state index is 9.36. The van der Waals surface area contributed by atoms with E-state index in [0.29, 0.717) is 5.56 Å². The van der Waals surface area contributed by atoms with Gasteiger partial charge in [0.15, 0.2) is 0 Å². The van der Waals surface area contributed by atoms with E-state index in [9.17, 15) is 5.11 Å². The number of phenolic OH excluding ortho intramolecular Hbond substituents is 1. The highest BCUT2D eigenvalue weighted by Crippen LogP contribution is 2.21. The van der Waals surface area contributed by atoms with Gasteiger partial charge in [-0.1, -0.05) is 12.1 Å². The van der Waals surface area contributed by atoms with Crippen molar-refractivity contribution in [3.63, 3.8) is 0 Å². The molecule has 0 bridgehead atoms. The van der Waals surface area contributed by atoms with Gasteiger partial charge in [0.1, 0.15) is 5.75 Å². The molecule has 1 rings (SSSR count). The van der Waals surface area contributed by atoms with E-state index in [1.165, 1.54) is 6.08 Å². The summed E-state index contributed by atoms with van der Waals surface area (Å²) in [5, 5.41) is 17.6. The van der Waals surface area contributed by atoms with Gasteiger partial charge < -0.3 is 5.11 Å². The molecule has 2 nitrogen and oxygen atoms in total. The quantitative estimate of drug-likeness (QED) is 0.638. The molecule has 0 amide bonds. The van der Waals surface area contributed by atoms with Crippen LogP contribution in [0.2, 0.25) is 0 Å². The van der Waals surface area contributed by atoms with Gasteiger partial charge in [0.25, 0.3) is 0 Å². The van der Waals surface area contributed by atoms with E-state index >= 15 is 0 Å². The molecule has 0 spiro atoms. The third-order valence-electron chi connectivity index (χ3n) is 1.63. The Hall–Kier alpha value is -1.75. The summed E-state index contributed by atoms with van der Waals surface area (Å²) in [6, 6.07) is 7.14. The third kappa shape index (κ3) is 1.64. The Morgan fingerprint density at radius 2 is 2.25 bits per heavy atom. The van der Waals surface area contributed by atoms with E-state index in [1.54, 1.807) is 18.2 Å². The summed E-state index contributed by atoms with van der Waals surface area (Å²) < 4.78 is 0. The average Bonchev–Trinajstić information content (AvgIpc) is 2.04. The summed E-state index contributed by atoms with van der Waals surface area (Å²) in [6.45, 7) is 1.89. The SMILES string of the molecule is Cc1cccc(O)c1C=CC#N. The van der Waals surface area contributed by atoms with E-state index in [4.69, 9.17) is 5.26 Å². The number of hydrogen-bond donors (Lipinski definition) is 1. The second-order valence-electron chi connectivity index (χ2n) is 2.47. The fourth-order valence-corrected chi connectivity index (χ4v) is 1.00. The minimum Gasteiger partial charge on any atom is -0.507 e. The van der Waals surface area contributed by atoms with E-state index in [-0.39, 0.29) is 5.75 Å². The topological polar surface area (TPSA) is 44.0 Å². The molecule has 1 aromatic carbocycles.